The van der Waals surface area contributed by atoms with Crippen LogP contribution in [-0.4, -0.2) is 33.6 Å². The lowest BCUT2D eigenvalue weighted by molar-refractivity contribution is 0.109. The van der Waals surface area contributed by atoms with Gasteiger partial charge in [0.2, 0.25) is 0 Å². The van der Waals surface area contributed by atoms with Gasteiger partial charge in [0.15, 0.2) is 21.4 Å². The van der Waals surface area contributed by atoms with Crippen molar-refractivity contribution in [2.45, 2.75) is 54.7 Å². The Morgan fingerprint density at radius 2 is 1.88 bits per heavy atom. The van der Waals surface area contributed by atoms with Crippen molar-refractivity contribution >= 4 is 27.5 Å². The van der Waals surface area contributed by atoms with E-state index in [2.05, 4.69) is 10.6 Å². The molecule has 6 nitrogen and oxygen atoms in total. The van der Waals surface area contributed by atoms with Gasteiger partial charge >= 0.3 is 6.03 Å². The number of urea groups is 1. The van der Waals surface area contributed by atoms with E-state index < -0.39 is 32.1 Å². The number of carbonyl (C=O) groups excluding carboxylic acids is 1. The molecule has 2 aromatic rings. The minimum absolute atomic E-state index is 0.000728. The smallest absolute Gasteiger partial charge is 0.315 e. The lowest BCUT2D eigenvalue weighted by Crippen LogP contribution is -2.56. The van der Waals surface area contributed by atoms with Crippen molar-refractivity contribution in [2.24, 2.45) is 5.92 Å². The summed E-state index contributed by atoms with van der Waals surface area (Å²) in [5.41, 5.74) is -0.274. The Hall–Kier alpha value is -2.39. The number of nitrogens with one attached hydrogen (secondary N) is 2. The van der Waals surface area contributed by atoms with E-state index in [1.807, 2.05) is 6.92 Å². The van der Waals surface area contributed by atoms with Gasteiger partial charge in [-0.25, -0.2) is 22.0 Å². The molecule has 2 amide bonds. The van der Waals surface area contributed by atoms with E-state index in [4.69, 9.17) is 16.3 Å². The SMILES string of the molecule is CCCCNC(=O)N[C@@H]1CC[C@@]2(S(=O)(=O)c3ccc(Cl)cc3)c3c(F)ccc(F)c3OC[C@H]2C1. The Bertz CT molecular complexity index is 1180. The lowest BCUT2D eigenvalue weighted by Gasteiger charge is -2.49. The van der Waals surface area contributed by atoms with Crippen LogP contribution >= 0.6 is 11.6 Å². The van der Waals surface area contributed by atoms with Gasteiger partial charge in [0, 0.05) is 23.5 Å². The van der Waals surface area contributed by atoms with Crippen LogP contribution in [0, 0.1) is 17.6 Å². The molecule has 10 heteroatoms. The maximum Gasteiger partial charge on any atom is 0.315 e. The average Bonchev–Trinajstić information content (AvgIpc) is 2.81. The summed E-state index contributed by atoms with van der Waals surface area (Å²) in [6.07, 6.45) is 2.30. The van der Waals surface area contributed by atoms with Crippen molar-refractivity contribution in [1.82, 2.24) is 10.6 Å². The van der Waals surface area contributed by atoms with Crippen LogP contribution in [0.2, 0.25) is 5.02 Å². The monoisotopic (exact) mass is 512 g/mol. The summed E-state index contributed by atoms with van der Waals surface area (Å²) < 4.78 is 61.9. The third kappa shape index (κ3) is 4.24. The number of fused-ring (bicyclic) bond motifs is 3. The molecular weight excluding hydrogens is 486 g/mol. The van der Waals surface area contributed by atoms with Crippen LogP contribution in [0.4, 0.5) is 13.6 Å². The predicted octanol–water partition coefficient (Wildman–Crippen LogP) is 4.95. The highest BCUT2D eigenvalue weighted by Crippen LogP contribution is 2.56. The number of carbonyl (C=O) groups is 1. The molecule has 0 bridgehead atoms. The molecule has 1 aliphatic heterocycles. The summed E-state index contributed by atoms with van der Waals surface area (Å²) in [7, 11) is -4.20. The molecule has 0 aromatic heterocycles. The summed E-state index contributed by atoms with van der Waals surface area (Å²) in [4.78, 5) is 12.3. The van der Waals surface area contributed by atoms with Crippen LogP contribution in [0.5, 0.6) is 5.75 Å². The summed E-state index contributed by atoms with van der Waals surface area (Å²) >= 11 is 5.95. The fourth-order valence-electron chi connectivity index (χ4n) is 5.09. The Morgan fingerprint density at radius 1 is 1.18 bits per heavy atom. The van der Waals surface area contributed by atoms with E-state index in [9.17, 15) is 17.6 Å². The van der Waals surface area contributed by atoms with E-state index in [0.717, 1.165) is 25.0 Å². The number of hydrogen-bond donors (Lipinski definition) is 2. The topological polar surface area (TPSA) is 84.5 Å². The Labute approximate surface area is 202 Å². The highest BCUT2D eigenvalue weighted by atomic mass is 35.5. The Kier molecular flexibility index (Phi) is 7.05. The predicted molar refractivity (Wildman–Crippen MR) is 125 cm³/mol. The van der Waals surface area contributed by atoms with Gasteiger partial charge in [0.25, 0.3) is 0 Å². The van der Waals surface area contributed by atoms with Gasteiger partial charge in [-0.3, -0.25) is 0 Å². The highest BCUT2D eigenvalue weighted by molar-refractivity contribution is 7.92. The van der Waals surface area contributed by atoms with Gasteiger partial charge < -0.3 is 15.4 Å². The summed E-state index contributed by atoms with van der Waals surface area (Å²) in [5, 5.41) is 6.04. The zero-order valence-electron chi connectivity index (χ0n) is 18.7. The molecule has 0 radical (unpaired) electrons. The maximum atomic E-state index is 15.2. The Morgan fingerprint density at radius 3 is 2.59 bits per heavy atom. The average molecular weight is 513 g/mol. The molecule has 3 atom stereocenters. The second kappa shape index (κ2) is 9.70. The van der Waals surface area contributed by atoms with E-state index in [1.165, 1.54) is 24.3 Å². The van der Waals surface area contributed by atoms with E-state index in [-0.39, 0.29) is 54.2 Å². The minimum Gasteiger partial charge on any atom is -0.490 e. The lowest BCUT2D eigenvalue weighted by atomic mass is 9.71. The summed E-state index contributed by atoms with van der Waals surface area (Å²) in [6.45, 7) is 2.44. The van der Waals surface area contributed by atoms with Crippen LogP contribution in [0.1, 0.15) is 44.6 Å². The quantitative estimate of drug-likeness (QED) is 0.536. The molecule has 2 aromatic carbocycles. The Balaban J connectivity index is 1.74. The molecule has 1 heterocycles. The van der Waals surface area contributed by atoms with Gasteiger partial charge in [-0.15, -0.1) is 0 Å². The second-order valence-electron chi connectivity index (χ2n) is 8.81. The zero-order valence-corrected chi connectivity index (χ0v) is 20.3. The first-order valence-electron chi connectivity index (χ1n) is 11.4. The fraction of sp³-hybridized carbons (Fsp3) is 0.458. The number of sulfone groups is 1. The molecule has 4 rings (SSSR count). The number of unbranched alkanes of at least 4 members (excludes halogenated alkanes) is 1. The van der Waals surface area contributed by atoms with E-state index in [0.29, 0.717) is 11.6 Å². The molecule has 0 saturated heterocycles. The van der Waals surface area contributed by atoms with Gasteiger partial charge in [-0.05, 0) is 62.1 Å². The molecule has 0 unspecified atom stereocenters. The van der Waals surface area contributed by atoms with Crippen molar-refractivity contribution < 1.29 is 26.7 Å². The van der Waals surface area contributed by atoms with Crippen molar-refractivity contribution in [3.8, 4) is 5.75 Å². The largest absolute Gasteiger partial charge is 0.490 e. The molecule has 2 aliphatic rings. The molecule has 1 aliphatic carbocycles. The van der Waals surface area contributed by atoms with Crippen molar-refractivity contribution in [3.05, 3.63) is 58.6 Å². The molecule has 184 valence electrons. The number of hydrogen-bond acceptors (Lipinski definition) is 4. The van der Waals surface area contributed by atoms with Crippen LogP contribution in [0.3, 0.4) is 0 Å². The molecule has 34 heavy (non-hydrogen) atoms. The van der Waals surface area contributed by atoms with Gasteiger partial charge in [0.05, 0.1) is 17.1 Å². The molecular formula is C24H27ClF2N2O4S. The first kappa shape index (κ1) is 24.7. The van der Waals surface area contributed by atoms with Gasteiger partial charge in [-0.2, -0.15) is 0 Å². The summed E-state index contributed by atoms with van der Waals surface area (Å²) in [5.74, 6) is -2.71. The third-order valence-corrected chi connectivity index (χ3v) is 9.60. The molecule has 2 N–H and O–H groups in total. The standard InChI is InChI=1S/C24H27ClF2N2O4S/c1-2-3-12-28-23(30)29-17-10-11-24(34(31,32)18-6-4-16(25)5-7-18)15(13-17)14-33-22-20(27)9-8-19(26)21(22)24/h4-9,15,17H,2-3,10-14H2,1H3,(H2,28,29,30)/t15-,17-,24+/m1/s1. The first-order chi connectivity index (χ1) is 16.2. The van der Waals surface area contributed by atoms with Crippen molar-refractivity contribution in [3.63, 3.8) is 0 Å². The van der Waals surface area contributed by atoms with E-state index in [1.54, 1.807) is 0 Å². The van der Waals surface area contributed by atoms with Crippen LogP contribution in [-0.2, 0) is 14.6 Å². The van der Waals surface area contributed by atoms with Crippen molar-refractivity contribution in [2.75, 3.05) is 13.2 Å². The molecule has 1 saturated carbocycles. The van der Waals surface area contributed by atoms with Crippen molar-refractivity contribution in [1.29, 1.82) is 0 Å². The van der Waals surface area contributed by atoms with Gasteiger partial charge in [-0.1, -0.05) is 24.9 Å². The highest BCUT2D eigenvalue weighted by Gasteiger charge is 2.59. The van der Waals surface area contributed by atoms with E-state index >= 15 is 4.39 Å². The third-order valence-electron chi connectivity index (χ3n) is 6.76. The molecule has 0 spiro atoms. The fourth-order valence-corrected chi connectivity index (χ4v) is 7.58. The second-order valence-corrected chi connectivity index (χ2v) is 11.5. The maximum absolute atomic E-state index is 15.2. The number of ether oxygens (including phenoxy) is 1. The number of amides is 2. The number of benzene rings is 2. The van der Waals surface area contributed by atoms with Gasteiger partial charge in [0.1, 0.15) is 10.6 Å². The minimum atomic E-state index is -4.20. The number of rotatable bonds is 6. The summed E-state index contributed by atoms with van der Waals surface area (Å²) in [6, 6.07) is 6.87. The number of halogens is 3. The molecule has 1 fully saturated rings. The zero-order chi connectivity index (χ0) is 24.5. The van der Waals surface area contributed by atoms with Crippen LogP contribution in [0.25, 0.3) is 0 Å². The normalized spacial score (nSPS) is 23.9. The van der Waals surface area contributed by atoms with Crippen LogP contribution in [0.15, 0.2) is 41.3 Å². The first-order valence-corrected chi connectivity index (χ1v) is 13.2. The van der Waals surface area contributed by atoms with Crippen LogP contribution < -0.4 is 15.4 Å².